The summed E-state index contributed by atoms with van der Waals surface area (Å²) in [6.07, 6.45) is 0.883. The molecule has 0 aliphatic heterocycles. The summed E-state index contributed by atoms with van der Waals surface area (Å²) in [5.74, 6) is 2.11. The van der Waals surface area contributed by atoms with E-state index in [2.05, 4.69) is 18.3 Å². The molecule has 1 rings (SSSR count). The van der Waals surface area contributed by atoms with Crippen molar-refractivity contribution in [2.24, 2.45) is 0 Å². The van der Waals surface area contributed by atoms with Crippen molar-refractivity contribution in [3.05, 3.63) is 34.9 Å². The quantitative estimate of drug-likeness (QED) is 0.714. The second-order valence-electron chi connectivity index (χ2n) is 3.92. The average Bonchev–Trinajstić information content (AvgIpc) is 2.33. The normalized spacial score (nSPS) is 12.6. The molecule has 0 spiro atoms. The highest BCUT2D eigenvalue weighted by molar-refractivity contribution is 7.99. The molecule has 0 fully saturated rings. The maximum atomic E-state index is 8.64. The molecule has 0 aliphatic carbocycles. The number of rotatable bonds is 8. The molecular formula is C13H20ClNOS. The van der Waals surface area contributed by atoms with Crippen LogP contribution < -0.4 is 5.32 Å². The fourth-order valence-electron chi connectivity index (χ4n) is 1.51. The molecule has 1 aromatic carbocycles. The molecule has 1 aromatic rings. The second kappa shape index (κ2) is 8.81. The van der Waals surface area contributed by atoms with Crippen LogP contribution in [-0.4, -0.2) is 29.8 Å². The lowest BCUT2D eigenvalue weighted by Crippen LogP contribution is -2.21. The first-order chi connectivity index (χ1) is 8.24. The third-order valence-electron chi connectivity index (χ3n) is 2.49. The number of halogens is 1. The van der Waals surface area contributed by atoms with Crippen LogP contribution in [0, 0.1) is 0 Å². The third-order valence-corrected chi connectivity index (χ3v) is 3.80. The lowest BCUT2D eigenvalue weighted by atomic mass is 10.1. The molecule has 2 N–H and O–H groups in total. The van der Waals surface area contributed by atoms with Crippen molar-refractivity contribution in [3.63, 3.8) is 0 Å². The fraction of sp³-hybridized carbons (Fsp3) is 0.538. The first kappa shape index (κ1) is 14.8. The maximum Gasteiger partial charge on any atom is 0.0438 e. The summed E-state index contributed by atoms with van der Waals surface area (Å²) in [6.45, 7) is 3.41. The number of aliphatic hydroxyl groups is 1. The van der Waals surface area contributed by atoms with Gasteiger partial charge < -0.3 is 10.4 Å². The number of aliphatic hydroxyl groups excluding tert-OH is 1. The molecule has 0 bridgehead atoms. The fourth-order valence-corrected chi connectivity index (χ4v) is 2.51. The molecule has 1 unspecified atom stereocenters. The molecule has 0 aliphatic rings. The number of hydrogen-bond acceptors (Lipinski definition) is 3. The van der Waals surface area contributed by atoms with Crippen molar-refractivity contribution in [2.45, 2.75) is 19.4 Å². The van der Waals surface area contributed by atoms with Crippen LogP contribution in [0.2, 0.25) is 5.02 Å². The van der Waals surface area contributed by atoms with Crippen molar-refractivity contribution in [1.82, 2.24) is 5.32 Å². The largest absolute Gasteiger partial charge is 0.396 e. The number of hydrogen-bond donors (Lipinski definition) is 2. The molecule has 0 radical (unpaired) electrons. The Balaban J connectivity index is 2.19. The van der Waals surface area contributed by atoms with Gasteiger partial charge in [-0.1, -0.05) is 23.7 Å². The van der Waals surface area contributed by atoms with Gasteiger partial charge in [0.1, 0.15) is 0 Å². The molecule has 1 atom stereocenters. The summed E-state index contributed by atoms with van der Waals surface area (Å²) in [6, 6.07) is 8.28. The van der Waals surface area contributed by atoms with Gasteiger partial charge in [-0.05, 0) is 36.8 Å². The van der Waals surface area contributed by atoms with Crippen LogP contribution in [0.4, 0.5) is 0 Å². The van der Waals surface area contributed by atoms with Crippen LogP contribution in [0.1, 0.15) is 24.9 Å². The van der Waals surface area contributed by atoms with Crippen molar-refractivity contribution in [2.75, 3.05) is 24.7 Å². The Morgan fingerprint density at radius 3 is 2.94 bits per heavy atom. The van der Waals surface area contributed by atoms with Gasteiger partial charge in [-0.2, -0.15) is 11.8 Å². The highest BCUT2D eigenvalue weighted by atomic mass is 35.5. The Hall–Kier alpha value is -0.220. The molecule has 0 heterocycles. The van der Waals surface area contributed by atoms with Crippen molar-refractivity contribution < 1.29 is 5.11 Å². The molecule has 0 amide bonds. The third kappa shape index (κ3) is 6.32. The predicted molar refractivity (Wildman–Crippen MR) is 76.9 cm³/mol. The molecule has 0 saturated heterocycles. The number of thioether (sulfide) groups is 1. The van der Waals surface area contributed by atoms with E-state index in [1.807, 2.05) is 30.0 Å². The molecule has 96 valence electrons. The van der Waals surface area contributed by atoms with Crippen LogP contribution in [-0.2, 0) is 0 Å². The summed E-state index contributed by atoms with van der Waals surface area (Å²) < 4.78 is 0. The topological polar surface area (TPSA) is 32.3 Å². The van der Waals surface area contributed by atoms with E-state index in [1.165, 1.54) is 5.56 Å². The standard InChI is InChI=1S/C13H20ClNOS/c1-11(12-4-2-5-13(14)10-12)15-6-9-17-8-3-7-16/h2,4-5,10-11,15-16H,3,6-9H2,1H3. The zero-order chi connectivity index (χ0) is 12.5. The van der Waals surface area contributed by atoms with E-state index in [1.54, 1.807) is 0 Å². The smallest absolute Gasteiger partial charge is 0.0438 e. The van der Waals surface area contributed by atoms with Gasteiger partial charge in [0.05, 0.1) is 0 Å². The van der Waals surface area contributed by atoms with E-state index < -0.39 is 0 Å². The summed E-state index contributed by atoms with van der Waals surface area (Å²) >= 11 is 7.82. The van der Waals surface area contributed by atoms with E-state index >= 15 is 0 Å². The number of nitrogens with one attached hydrogen (secondary N) is 1. The predicted octanol–water partition coefficient (Wildman–Crippen LogP) is 3.11. The van der Waals surface area contributed by atoms with Gasteiger partial charge in [0, 0.05) is 30.0 Å². The van der Waals surface area contributed by atoms with E-state index in [0.717, 1.165) is 29.5 Å². The zero-order valence-electron chi connectivity index (χ0n) is 10.2. The molecule has 0 aromatic heterocycles. The Labute approximate surface area is 113 Å². The minimum Gasteiger partial charge on any atom is -0.396 e. The number of benzene rings is 1. The summed E-state index contributed by atoms with van der Waals surface area (Å²) in [5, 5.41) is 12.9. The van der Waals surface area contributed by atoms with Crippen molar-refractivity contribution >= 4 is 23.4 Å². The first-order valence-electron chi connectivity index (χ1n) is 5.91. The molecule has 0 saturated carbocycles. The Morgan fingerprint density at radius 1 is 1.41 bits per heavy atom. The van der Waals surface area contributed by atoms with Crippen LogP contribution in [0.5, 0.6) is 0 Å². The van der Waals surface area contributed by atoms with Crippen LogP contribution in [0.25, 0.3) is 0 Å². The van der Waals surface area contributed by atoms with Crippen molar-refractivity contribution in [1.29, 1.82) is 0 Å². The van der Waals surface area contributed by atoms with Crippen LogP contribution >= 0.6 is 23.4 Å². The lowest BCUT2D eigenvalue weighted by molar-refractivity contribution is 0.296. The minimum atomic E-state index is 0.291. The zero-order valence-corrected chi connectivity index (χ0v) is 11.7. The van der Waals surface area contributed by atoms with Gasteiger partial charge >= 0.3 is 0 Å². The van der Waals surface area contributed by atoms with Gasteiger partial charge in [-0.3, -0.25) is 0 Å². The molecule has 4 heteroatoms. The maximum absolute atomic E-state index is 8.64. The first-order valence-corrected chi connectivity index (χ1v) is 7.44. The summed E-state index contributed by atoms with van der Waals surface area (Å²) in [4.78, 5) is 0. The minimum absolute atomic E-state index is 0.291. The Bertz CT molecular complexity index is 322. The van der Waals surface area contributed by atoms with Gasteiger partial charge in [0.25, 0.3) is 0 Å². The molecular weight excluding hydrogens is 254 g/mol. The van der Waals surface area contributed by atoms with Gasteiger partial charge in [-0.25, -0.2) is 0 Å². The lowest BCUT2D eigenvalue weighted by Gasteiger charge is -2.14. The van der Waals surface area contributed by atoms with Gasteiger partial charge in [0.15, 0.2) is 0 Å². The van der Waals surface area contributed by atoms with E-state index in [4.69, 9.17) is 16.7 Å². The van der Waals surface area contributed by atoms with Crippen molar-refractivity contribution in [3.8, 4) is 0 Å². The molecule has 17 heavy (non-hydrogen) atoms. The summed E-state index contributed by atoms with van der Waals surface area (Å²) in [5.41, 5.74) is 1.22. The monoisotopic (exact) mass is 273 g/mol. The Kier molecular flexibility index (Phi) is 7.69. The van der Waals surface area contributed by atoms with Gasteiger partial charge in [-0.15, -0.1) is 0 Å². The highest BCUT2D eigenvalue weighted by Crippen LogP contribution is 2.17. The van der Waals surface area contributed by atoms with Gasteiger partial charge in [0.2, 0.25) is 0 Å². The Morgan fingerprint density at radius 2 is 2.24 bits per heavy atom. The summed E-state index contributed by atoms with van der Waals surface area (Å²) in [7, 11) is 0. The van der Waals surface area contributed by atoms with E-state index in [-0.39, 0.29) is 0 Å². The van der Waals surface area contributed by atoms with E-state index in [0.29, 0.717) is 12.6 Å². The van der Waals surface area contributed by atoms with Crippen LogP contribution in [0.3, 0.4) is 0 Å². The molecule has 2 nitrogen and oxygen atoms in total. The van der Waals surface area contributed by atoms with E-state index in [9.17, 15) is 0 Å². The van der Waals surface area contributed by atoms with Crippen LogP contribution in [0.15, 0.2) is 24.3 Å². The highest BCUT2D eigenvalue weighted by Gasteiger charge is 2.04. The SMILES string of the molecule is CC(NCCSCCCO)c1cccc(Cl)c1. The second-order valence-corrected chi connectivity index (χ2v) is 5.58. The average molecular weight is 274 g/mol.